The molecule has 1 aliphatic heterocycles. The monoisotopic (exact) mass is 279 g/mol. The van der Waals surface area contributed by atoms with Crippen molar-refractivity contribution < 1.29 is 4.57 Å². The van der Waals surface area contributed by atoms with Crippen LogP contribution in [0.5, 0.6) is 0 Å². The van der Waals surface area contributed by atoms with E-state index in [9.17, 15) is 0 Å². The van der Waals surface area contributed by atoms with Crippen LogP contribution in [0.3, 0.4) is 0 Å². The average Bonchev–Trinajstić information content (AvgIpc) is 2.77. The maximum atomic E-state index is 6.22. The predicted molar refractivity (Wildman–Crippen MR) is 74.1 cm³/mol. The average molecular weight is 280 g/mol. The van der Waals surface area contributed by atoms with Gasteiger partial charge in [-0.15, -0.1) is 0 Å². The van der Waals surface area contributed by atoms with Gasteiger partial charge in [-0.3, -0.25) is 4.90 Å². The first-order valence-electron chi connectivity index (χ1n) is 5.92. The summed E-state index contributed by atoms with van der Waals surface area (Å²) in [5, 5.41) is 1.47. The largest absolute Gasteiger partial charge is 0.277 e. The third-order valence-corrected chi connectivity index (χ3v) is 3.97. The van der Waals surface area contributed by atoms with Gasteiger partial charge in [-0.25, -0.2) is 4.57 Å². The Morgan fingerprint density at radius 2 is 1.83 bits per heavy atom. The second kappa shape index (κ2) is 4.79. The first-order valence-corrected chi connectivity index (χ1v) is 6.67. The minimum Gasteiger partial charge on any atom is -0.253 e. The summed E-state index contributed by atoms with van der Waals surface area (Å²) in [5.74, 6) is 1.22. The molecular weight excluding hydrogens is 267 g/mol. The van der Waals surface area contributed by atoms with Gasteiger partial charge in [0.05, 0.1) is 6.20 Å². The molecule has 2 aromatic rings. The molecule has 0 fully saturated rings. The van der Waals surface area contributed by atoms with Crippen molar-refractivity contribution in [3.05, 3.63) is 58.2 Å². The molecule has 0 atom stereocenters. The number of fused-ring (bicyclic) bond motifs is 1. The molecule has 92 valence electrons. The number of halogens is 2. The van der Waals surface area contributed by atoms with E-state index in [0.717, 1.165) is 35.2 Å². The van der Waals surface area contributed by atoms with Crippen molar-refractivity contribution in [1.82, 2.24) is 0 Å². The summed E-state index contributed by atoms with van der Waals surface area (Å²) in [4.78, 5) is 2.30. The first-order chi connectivity index (χ1) is 8.75. The fourth-order valence-electron chi connectivity index (χ4n) is 2.32. The van der Waals surface area contributed by atoms with Crippen molar-refractivity contribution in [3.8, 4) is 0 Å². The molecule has 0 amide bonds. The fourth-order valence-corrected chi connectivity index (χ4v) is 2.84. The highest BCUT2D eigenvalue weighted by atomic mass is 35.5. The van der Waals surface area contributed by atoms with Gasteiger partial charge in [0.1, 0.15) is 19.6 Å². The quantitative estimate of drug-likeness (QED) is 0.766. The Bertz CT molecular complexity index is 564. The normalized spacial score (nSPS) is 13.8. The maximum Gasteiger partial charge on any atom is 0.277 e. The fraction of sp³-hybridized carbons (Fsp3) is 0.214. The zero-order chi connectivity index (χ0) is 12.5. The van der Waals surface area contributed by atoms with Crippen molar-refractivity contribution in [2.24, 2.45) is 0 Å². The van der Waals surface area contributed by atoms with Crippen molar-refractivity contribution in [2.75, 3.05) is 11.4 Å². The van der Waals surface area contributed by atoms with Crippen LogP contribution in [-0.2, 0) is 13.1 Å². The smallest absolute Gasteiger partial charge is 0.253 e. The molecule has 0 saturated heterocycles. The molecule has 0 N–H and O–H groups in total. The van der Waals surface area contributed by atoms with E-state index in [-0.39, 0.29) is 0 Å². The van der Waals surface area contributed by atoms with Gasteiger partial charge in [0, 0.05) is 21.7 Å². The molecule has 0 unspecified atom stereocenters. The molecule has 0 saturated carbocycles. The number of benzene rings is 1. The zero-order valence-corrected chi connectivity index (χ0v) is 11.3. The van der Waals surface area contributed by atoms with E-state index in [2.05, 4.69) is 33.9 Å². The van der Waals surface area contributed by atoms with Crippen molar-refractivity contribution in [3.63, 3.8) is 0 Å². The standard InChI is InChI=1S/C14H13Cl2N2/c15-12-4-3-5-13(16)11(12)10-18-9-8-17-7-2-1-6-14(17)18/h1-7H,8-10H2/q+1. The summed E-state index contributed by atoms with van der Waals surface area (Å²) < 4.78 is 2.24. The minimum atomic E-state index is 0.733. The third kappa shape index (κ3) is 2.06. The van der Waals surface area contributed by atoms with Gasteiger partial charge < -0.3 is 0 Å². The molecule has 3 rings (SSSR count). The highest BCUT2D eigenvalue weighted by Crippen LogP contribution is 2.27. The van der Waals surface area contributed by atoms with Crippen LogP contribution in [0.2, 0.25) is 10.0 Å². The Morgan fingerprint density at radius 3 is 2.61 bits per heavy atom. The van der Waals surface area contributed by atoms with Crippen LogP contribution in [0.15, 0.2) is 42.6 Å². The second-order valence-corrected chi connectivity index (χ2v) is 5.19. The number of anilines is 1. The molecule has 0 spiro atoms. The van der Waals surface area contributed by atoms with Crippen LogP contribution in [0.1, 0.15) is 5.56 Å². The van der Waals surface area contributed by atoms with E-state index in [1.54, 1.807) is 0 Å². The molecule has 1 aliphatic rings. The zero-order valence-electron chi connectivity index (χ0n) is 9.81. The van der Waals surface area contributed by atoms with Gasteiger partial charge in [-0.1, -0.05) is 35.3 Å². The second-order valence-electron chi connectivity index (χ2n) is 4.37. The molecule has 2 nitrogen and oxygen atoms in total. The van der Waals surface area contributed by atoms with Gasteiger partial charge in [-0.2, -0.15) is 0 Å². The predicted octanol–water partition coefficient (Wildman–Crippen LogP) is 3.30. The van der Waals surface area contributed by atoms with Gasteiger partial charge in [0.25, 0.3) is 5.82 Å². The number of rotatable bonds is 2. The number of aromatic nitrogens is 1. The van der Waals surface area contributed by atoms with Gasteiger partial charge in [-0.05, 0) is 18.2 Å². The molecular formula is C14H13Cl2N2+. The molecule has 0 radical (unpaired) electrons. The molecule has 4 heteroatoms. The minimum absolute atomic E-state index is 0.733. The summed E-state index contributed by atoms with van der Waals surface area (Å²) in [6.45, 7) is 2.76. The van der Waals surface area contributed by atoms with E-state index in [4.69, 9.17) is 23.2 Å². The van der Waals surface area contributed by atoms with Gasteiger partial charge >= 0.3 is 0 Å². The van der Waals surface area contributed by atoms with Crippen LogP contribution in [0, 0.1) is 0 Å². The maximum absolute atomic E-state index is 6.22. The third-order valence-electron chi connectivity index (χ3n) is 3.26. The number of hydrogen-bond acceptors (Lipinski definition) is 1. The SMILES string of the molecule is Clc1cccc(Cl)c1CN1CC[n+]2ccccc21. The molecule has 18 heavy (non-hydrogen) atoms. The van der Waals surface area contributed by atoms with E-state index >= 15 is 0 Å². The lowest BCUT2D eigenvalue weighted by molar-refractivity contribution is -0.671. The lowest BCUT2D eigenvalue weighted by Gasteiger charge is -2.12. The van der Waals surface area contributed by atoms with E-state index in [1.807, 2.05) is 18.2 Å². The van der Waals surface area contributed by atoms with Crippen LogP contribution in [-0.4, -0.2) is 6.54 Å². The highest BCUT2D eigenvalue weighted by Gasteiger charge is 2.27. The van der Waals surface area contributed by atoms with Crippen molar-refractivity contribution >= 4 is 29.0 Å². The topological polar surface area (TPSA) is 7.12 Å². The summed E-state index contributed by atoms with van der Waals surface area (Å²) >= 11 is 12.4. The lowest BCUT2D eigenvalue weighted by atomic mass is 10.2. The highest BCUT2D eigenvalue weighted by molar-refractivity contribution is 6.36. The van der Waals surface area contributed by atoms with Crippen molar-refractivity contribution in [1.29, 1.82) is 0 Å². The summed E-state index contributed by atoms with van der Waals surface area (Å²) in [5.41, 5.74) is 0.998. The van der Waals surface area contributed by atoms with Gasteiger partial charge in [0.2, 0.25) is 0 Å². The summed E-state index contributed by atoms with van der Waals surface area (Å²) in [6, 6.07) is 11.9. The number of hydrogen-bond donors (Lipinski definition) is 0. The first kappa shape index (κ1) is 11.8. The van der Waals surface area contributed by atoms with Gasteiger partial charge in [0.15, 0.2) is 0 Å². The Kier molecular flexibility index (Phi) is 3.14. The molecule has 0 aliphatic carbocycles. The van der Waals surface area contributed by atoms with E-state index < -0.39 is 0 Å². The Hall–Kier alpha value is -1.25. The van der Waals surface area contributed by atoms with E-state index in [0.29, 0.717) is 0 Å². The number of nitrogens with zero attached hydrogens (tertiary/aromatic N) is 2. The Labute approximate surface area is 116 Å². The van der Waals surface area contributed by atoms with Crippen molar-refractivity contribution in [2.45, 2.75) is 13.1 Å². The van der Waals surface area contributed by atoms with Crippen LogP contribution < -0.4 is 9.47 Å². The Balaban J connectivity index is 1.91. The summed E-state index contributed by atoms with van der Waals surface area (Å²) in [7, 11) is 0. The Morgan fingerprint density at radius 1 is 1.06 bits per heavy atom. The van der Waals surface area contributed by atoms with Crippen LogP contribution in [0.4, 0.5) is 5.82 Å². The molecule has 1 aromatic heterocycles. The lowest BCUT2D eigenvalue weighted by Crippen LogP contribution is -2.30. The van der Waals surface area contributed by atoms with E-state index in [1.165, 1.54) is 5.82 Å². The molecule has 0 bridgehead atoms. The van der Waals surface area contributed by atoms with Crippen LogP contribution in [0.25, 0.3) is 0 Å². The summed E-state index contributed by atoms with van der Waals surface area (Å²) in [6.07, 6.45) is 2.10. The van der Waals surface area contributed by atoms with Crippen LogP contribution >= 0.6 is 23.2 Å². The molecule has 1 aromatic carbocycles. The number of pyridine rings is 1. The molecule has 2 heterocycles.